The van der Waals surface area contributed by atoms with E-state index >= 15 is 0 Å². The van der Waals surface area contributed by atoms with Gasteiger partial charge in [0.05, 0.1) is 35.5 Å². The van der Waals surface area contributed by atoms with Gasteiger partial charge in [0.2, 0.25) is 11.8 Å². The number of hydrogen-bond acceptors (Lipinski definition) is 10. The molecule has 0 bridgehead atoms. The number of methoxy groups -OCH3 is 1. The lowest BCUT2D eigenvalue weighted by Crippen LogP contribution is -2.54. The highest BCUT2D eigenvalue weighted by Crippen LogP contribution is 2.43. The average molecular weight is 764 g/mol. The Morgan fingerprint density at radius 2 is 1.75 bits per heavy atom. The zero-order valence-corrected chi connectivity index (χ0v) is 31.0. The van der Waals surface area contributed by atoms with Crippen LogP contribution in [0.3, 0.4) is 0 Å². The number of aryl methyl sites for hydroxylation is 3. The second kappa shape index (κ2) is 14.0. The highest BCUT2D eigenvalue weighted by atomic mass is 19.3. The number of allylic oxidation sites excluding steroid dienone is 1. The number of anilines is 3. The van der Waals surface area contributed by atoms with Gasteiger partial charge in [-0.3, -0.25) is 39.2 Å². The minimum absolute atomic E-state index is 0.0346. The normalized spacial score (nSPS) is 18.9. The molecule has 4 aromatic rings. The summed E-state index contributed by atoms with van der Waals surface area (Å²) in [6.45, 7) is 3.26. The molecule has 3 aromatic carbocycles. The number of hydrogen-bond donors (Lipinski definition) is 2. The SMILES string of the molecule is COc1cc(N2CCCc3cc(/C(C=NC4CN(c5ccc6c(c5)C(=O)N(C5CCC(=O)NC5=O)C6=O)C4)=C/N)c(C(F)F)cc32)c2cc(C)c(=O)n(C)c2c1. The summed E-state index contributed by atoms with van der Waals surface area (Å²) in [4.78, 5) is 72.8. The number of alkyl halides is 2. The lowest BCUT2D eigenvalue weighted by molar-refractivity contribution is -0.136. The van der Waals surface area contributed by atoms with Crippen LogP contribution in [-0.2, 0) is 23.1 Å². The first-order valence-corrected chi connectivity index (χ1v) is 18.3. The minimum Gasteiger partial charge on any atom is -0.497 e. The fourth-order valence-electron chi connectivity index (χ4n) is 8.15. The van der Waals surface area contributed by atoms with E-state index in [4.69, 9.17) is 10.5 Å². The van der Waals surface area contributed by atoms with Crippen molar-refractivity contribution in [1.82, 2.24) is 14.8 Å². The summed E-state index contributed by atoms with van der Waals surface area (Å²) in [5, 5.41) is 3.00. The summed E-state index contributed by atoms with van der Waals surface area (Å²) in [5.74, 6) is -1.73. The van der Waals surface area contributed by atoms with E-state index in [2.05, 4.69) is 10.3 Å². The molecule has 5 heterocycles. The quantitative estimate of drug-likeness (QED) is 0.194. The molecule has 8 rings (SSSR count). The van der Waals surface area contributed by atoms with E-state index in [-0.39, 0.29) is 41.1 Å². The van der Waals surface area contributed by atoms with Crippen molar-refractivity contribution < 1.29 is 32.7 Å². The maximum Gasteiger partial charge on any atom is 0.264 e. The number of aliphatic imine (C=N–C) groups is 1. The topological polar surface area (TPSA) is 160 Å². The van der Waals surface area contributed by atoms with Gasteiger partial charge in [-0.25, -0.2) is 8.78 Å². The van der Waals surface area contributed by atoms with Crippen LogP contribution in [0.25, 0.3) is 16.5 Å². The maximum atomic E-state index is 14.9. The van der Waals surface area contributed by atoms with Crippen molar-refractivity contribution in [2.24, 2.45) is 17.8 Å². The van der Waals surface area contributed by atoms with Gasteiger partial charge < -0.3 is 24.8 Å². The number of nitrogens with zero attached hydrogens (tertiary/aromatic N) is 5. The Morgan fingerprint density at radius 1 is 0.982 bits per heavy atom. The molecule has 288 valence electrons. The number of imide groups is 2. The van der Waals surface area contributed by atoms with Crippen molar-refractivity contribution in [2.75, 3.05) is 36.5 Å². The standard InChI is InChI=1S/C41H39F2N7O6/c1-21-11-31-34(47(2)39(21)53)14-26(56-3)15-35(31)49-10-4-5-22-12-28(29(37(42)43)16-33(22)49)23(17-44)18-45-24-19-48(20-24)25-6-7-27-30(13-25)41(55)50(40(27)54)32-8-9-36(51)46-38(32)52/h6-7,11-18,24,32,37H,4-5,8-10,19-20,44H2,1-3H3,(H,46,51,52)/b23-17+,45-18?. The molecule has 1 unspecified atom stereocenters. The van der Waals surface area contributed by atoms with Crippen molar-refractivity contribution in [3.8, 4) is 5.75 Å². The first-order valence-electron chi connectivity index (χ1n) is 18.3. The van der Waals surface area contributed by atoms with Crippen molar-refractivity contribution in [3.63, 3.8) is 0 Å². The highest BCUT2D eigenvalue weighted by Gasteiger charge is 2.45. The number of carbonyl (C=O) groups excluding carboxylic acids is 4. The van der Waals surface area contributed by atoms with Crippen molar-refractivity contribution in [2.45, 2.75) is 51.1 Å². The third kappa shape index (κ3) is 6.07. The fraction of sp³-hybridized carbons (Fsp3) is 0.317. The van der Waals surface area contributed by atoms with E-state index in [1.54, 1.807) is 56.0 Å². The Morgan fingerprint density at radius 3 is 2.46 bits per heavy atom. The lowest BCUT2D eigenvalue weighted by atomic mass is 9.91. The lowest BCUT2D eigenvalue weighted by Gasteiger charge is -2.39. The zero-order chi connectivity index (χ0) is 39.6. The number of halogens is 2. The summed E-state index contributed by atoms with van der Waals surface area (Å²) < 4.78 is 37.0. The van der Waals surface area contributed by atoms with Gasteiger partial charge in [0, 0.05) is 91.1 Å². The Bertz CT molecular complexity index is 2490. The predicted octanol–water partition coefficient (Wildman–Crippen LogP) is 4.54. The van der Waals surface area contributed by atoms with Crippen LogP contribution in [0, 0.1) is 6.92 Å². The summed E-state index contributed by atoms with van der Waals surface area (Å²) in [5.41, 5.74) is 11.0. The summed E-state index contributed by atoms with van der Waals surface area (Å²) in [6.07, 6.45) is 1.52. The van der Waals surface area contributed by atoms with E-state index < -0.39 is 36.1 Å². The van der Waals surface area contributed by atoms with E-state index in [9.17, 15) is 32.8 Å². The first-order chi connectivity index (χ1) is 26.9. The number of fused-ring (bicyclic) bond motifs is 3. The van der Waals surface area contributed by atoms with Crippen molar-refractivity contribution >= 4 is 63.4 Å². The molecular weight excluding hydrogens is 724 g/mol. The van der Waals surface area contributed by atoms with E-state index in [0.29, 0.717) is 65.4 Å². The fourth-order valence-corrected chi connectivity index (χ4v) is 8.15. The molecule has 0 saturated carbocycles. The number of rotatable bonds is 8. The number of piperidine rings is 1. The molecule has 0 aliphatic carbocycles. The molecule has 2 fully saturated rings. The number of nitrogens with two attached hydrogens (primary N) is 1. The van der Waals surface area contributed by atoms with Crippen LogP contribution < -0.4 is 31.1 Å². The van der Waals surface area contributed by atoms with Gasteiger partial charge in [-0.1, -0.05) is 0 Å². The molecule has 4 amide bonds. The van der Waals surface area contributed by atoms with Crippen LogP contribution in [0.4, 0.5) is 25.8 Å². The molecule has 15 heteroatoms. The van der Waals surface area contributed by atoms with E-state index in [0.717, 1.165) is 28.0 Å². The minimum atomic E-state index is -2.81. The number of benzene rings is 3. The molecule has 13 nitrogen and oxygen atoms in total. The zero-order valence-electron chi connectivity index (χ0n) is 31.0. The molecule has 4 aliphatic rings. The van der Waals surface area contributed by atoms with Crippen LogP contribution >= 0.6 is 0 Å². The van der Waals surface area contributed by atoms with Gasteiger partial charge in [0.15, 0.2) is 0 Å². The van der Waals surface area contributed by atoms with E-state index in [1.807, 2.05) is 21.9 Å². The average Bonchev–Trinajstić information content (AvgIpc) is 3.41. The number of aromatic nitrogens is 1. The Hall–Kier alpha value is -6.38. The number of amides is 4. The van der Waals surface area contributed by atoms with Crippen molar-refractivity contribution in [1.29, 1.82) is 0 Å². The Kier molecular flexibility index (Phi) is 9.17. The predicted molar refractivity (Wildman–Crippen MR) is 207 cm³/mol. The third-order valence-corrected chi connectivity index (χ3v) is 11.2. The molecule has 2 saturated heterocycles. The molecule has 3 N–H and O–H groups in total. The van der Waals surface area contributed by atoms with Gasteiger partial charge in [0.25, 0.3) is 23.8 Å². The molecule has 0 radical (unpaired) electrons. The van der Waals surface area contributed by atoms with Crippen LogP contribution in [-0.4, -0.2) is 78.1 Å². The maximum absolute atomic E-state index is 14.9. The van der Waals surface area contributed by atoms with Crippen LogP contribution in [0.1, 0.15) is 68.7 Å². The number of ether oxygens (including phenoxy) is 1. The van der Waals surface area contributed by atoms with E-state index in [1.165, 1.54) is 18.5 Å². The first kappa shape index (κ1) is 36.6. The molecule has 1 aromatic heterocycles. The summed E-state index contributed by atoms with van der Waals surface area (Å²) in [6, 6.07) is 12.5. The number of nitrogens with one attached hydrogen (secondary N) is 1. The smallest absolute Gasteiger partial charge is 0.264 e. The van der Waals surface area contributed by atoms with Crippen LogP contribution in [0.5, 0.6) is 5.75 Å². The Balaban J connectivity index is 1.02. The van der Waals surface area contributed by atoms with Gasteiger partial charge in [-0.2, -0.15) is 0 Å². The third-order valence-electron chi connectivity index (χ3n) is 11.2. The molecule has 56 heavy (non-hydrogen) atoms. The monoisotopic (exact) mass is 763 g/mol. The van der Waals surface area contributed by atoms with Crippen molar-refractivity contribution in [3.05, 3.63) is 98.5 Å². The number of carbonyl (C=O) groups is 4. The second-order valence-corrected chi connectivity index (χ2v) is 14.5. The van der Waals surface area contributed by atoms with Gasteiger partial charge in [-0.15, -0.1) is 0 Å². The largest absolute Gasteiger partial charge is 0.497 e. The number of pyridine rings is 1. The van der Waals surface area contributed by atoms with Crippen LogP contribution in [0.2, 0.25) is 0 Å². The van der Waals surface area contributed by atoms with Crippen LogP contribution in [0.15, 0.2) is 64.5 Å². The van der Waals surface area contributed by atoms with Gasteiger partial charge in [-0.05, 0) is 73.7 Å². The second-order valence-electron chi connectivity index (χ2n) is 14.5. The van der Waals surface area contributed by atoms with Gasteiger partial charge in [0.1, 0.15) is 11.8 Å². The summed E-state index contributed by atoms with van der Waals surface area (Å²) >= 11 is 0. The Labute approximate surface area is 320 Å². The molecule has 1 atom stereocenters. The molecule has 4 aliphatic heterocycles. The highest BCUT2D eigenvalue weighted by molar-refractivity contribution is 6.23. The molecule has 0 spiro atoms. The summed E-state index contributed by atoms with van der Waals surface area (Å²) in [7, 11) is 3.25. The van der Waals surface area contributed by atoms with Gasteiger partial charge >= 0.3 is 0 Å². The molecular formula is C41H39F2N7O6.